The second-order valence-electron chi connectivity index (χ2n) is 7.27. The number of esters is 2. The van der Waals surface area contributed by atoms with Crippen LogP contribution in [0.1, 0.15) is 37.3 Å². The number of carbonyl (C=O) groups is 2. The van der Waals surface area contributed by atoms with Crippen LogP contribution in [0.15, 0.2) is 60.7 Å². The topological polar surface area (TPSA) is 52.6 Å². The highest BCUT2D eigenvalue weighted by Crippen LogP contribution is 2.49. The van der Waals surface area contributed by atoms with Crippen molar-refractivity contribution in [1.29, 1.82) is 0 Å². The SMILES string of the molecule is C[C@H](I)[C@@H]1CCCC1(C(=O)OCc1ccccc1)C(=O)OCc1ccccc1. The molecule has 0 radical (unpaired) electrons. The summed E-state index contributed by atoms with van der Waals surface area (Å²) >= 11 is 2.30. The first-order valence-electron chi connectivity index (χ1n) is 9.60. The number of alkyl halides is 1. The summed E-state index contributed by atoms with van der Waals surface area (Å²) in [5.74, 6) is -1.000. The van der Waals surface area contributed by atoms with Crippen molar-refractivity contribution in [3.8, 4) is 0 Å². The molecular weight excluding hydrogens is 467 g/mol. The third-order valence-electron chi connectivity index (χ3n) is 5.43. The molecular formula is C23H25IO4. The number of hydrogen-bond acceptors (Lipinski definition) is 4. The van der Waals surface area contributed by atoms with E-state index in [2.05, 4.69) is 22.6 Å². The molecule has 1 aliphatic carbocycles. The number of benzene rings is 2. The number of halogens is 1. The van der Waals surface area contributed by atoms with Gasteiger partial charge in [0, 0.05) is 3.92 Å². The first-order valence-corrected chi connectivity index (χ1v) is 10.8. The van der Waals surface area contributed by atoms with Gasteiger partial charge in [0.15, 0.2) is 5.41 Å². The monoisotopic (exact) mass is 492 g/mol. The minimum Gasteiger partial charge on any atom is -0.460 e. The summed E-state index contributed by atoms with van der Waals surface area (Å²) in [4.78, 5) is 26.4. The summed E-state index contributed by atoms with van der Waals surface area (Å²) < 4.78 is 11.4. The lowest BCUT2D eigenvalue weighted by Crippen LogP contribution is -2.47. The van der Waals surface area contributed by atoms with Gasteiger partial charge in [-0.2, -0.15) is 0 Å². The summed E-state index contributed by atoms with van der Waals surface area (Å²) in [7, 11) is 0. The van der Waals surface area contributed by atoms with Crippen LogP contribution in [0.25, 0.3) is 0 Å². The van der Waals surface area contributed by atoms with Crippen molar-refractivity contribution in [3.63, 3.8) is 0 Å². The predicted octanol–water partition coefficient (Wildman–Crippen LogP) is 5.08. The molecule has 0 amide bonds. The Morgan fingerprint density at radius 2 is 1.43 bits per heavy atom. The number of rotatable bonds is 7. The zero-order valence-electron chi connectivity index (χ0n) is 16.0. The molecule has 0 heterocycles. The summed E-state index contributed by atoms with van der Waals surface area (Å²) in [6.45, 7) is 2.37. The fourth-order valence-corrected chi connectivity index (χ4v) is 4.92. The molecule has 0 aliphatic heterocycles. The van der Waals surface area contributed by atoms with Gasteiger partial charge in [0.25, 0.3) is 0 Å². The third kappa shape index (κ3) is 4.57. The lowest BCUT2D eigenvalue weighted by atomic mass is 9.76. The van der Waals surface area contributed by atoms with E-state index in [1.54, 1.807) is 0 Å². The Labute approximate surface area is 179 Å². The zero-order valence-corrected chi connectivity index (χ0v) is 18.1. The van der Waals surface area contributed by atoms with Crippen molar-refractivity contribution >= 4 is 34.5 Å². The second-order valence-corrected chi connectivity index (χ2v) is 9.24. The van der Waals surface area contributed by atoms with Gasteiger partial charge < -0.3 is 9.47 Å². The van der Waals surface area contributed by atoms with Gasteiger partial charge in [-0.3, -0.25) is 9.59 Å². The van der Waals surface area contributed by atoms with Crippen molar-refractivity contribution in [2.75, 3.05) is 0 Å². The molecule has 2 aromatic rings. The third-order valence-corrected chi connectivity index (χ3v) is 6.30. The number of ether oxygens (including phenoxy) is 2. The smallest absolute Gasteiger partial charge is 0.324 e. The molecule has 0 N–H and O–H groups in total. The molecule has 0 spiro atoms. The molecule has 2 aromatic carbocycles. The Hall–Kier alpha value is -1.89. The fourth-order valence-electron chi connectivity index (χ4n) is 3.95. The van der Waals surface area contributed by atoms with Crippen LogP contribution in [0.3, 0.4) is 0 Å². The van der Waals surface area contributed by atoms with Gasteiger partial charge in [0.1, 0.15) is 13.2 Å². The van der Waals surface area contributed by atoms with E-state index in [0.29, 0.717) is 6.42 Å². The maximum Gasteiger partial charge on any atom is 0.324 e. The first kappa shape index (κ1) is 20.8. The van der Waals surface area contributed by atoms with Gasteiger partial charge in [-0.25, -0.2) is 0 Å². The minimum absolute atomic E-state index is 0.0837. The van der Waals surface area contributed by atoms with E-state index in [4.69, 9.17) is 9.47 Å². The van der Waals surface area contributed by atoms with Crippen molar-refractivity contribution in [1.82, 2.24) is 0 Å². The average Bonchev–Trinajstić information content (AvgIpc) is 3.18. The number of hydrogen-bond donors (Lipinski definition) is 0. The maximum absolute atomic E-state index is 13.2. The molecule has 2 atom stereocenters. The first-order chi connectivity index (χ1) is 13.5. The quantitative estimate of drug-likeness (QED) is 0.234. The highest BCUT2D eigenvalue weighted by Gasteiger charge is 2.58. The van der Waals surface area contributed by atoms with Crippen LogP contribution in [-0.4, -0.2) is 15.9 Å². The van der Waals surface area contributed by atoms with E-state index in [1.807, 2.05) is 67.6 Å². The average molecular weight is 492 g/mol. The lowest BCUT2D eigenvalue weighted by Gasteiger charge is -2.32. The molecule has 5 heteroatoms. The van der Waals surface area contributed by atoms with Crippen LogP contribution in [0.4, 0.5) is 0 Å². The largest absolute Gasteiger partial charge is 0.460 e. The van der Waals surface area contributed by atoms with Gasteiger partial charge in [0.05, 0.1) is 0 Å². The Bertz CT molecular complexity index is 733. The highest BCUT2D eigenvalue weighted by molar-refractivity contribution is 14.1. The van der Waals surface area contributed by atoms with E-state index in [9.17, 15) is 9.59 Å². The highest BCUT2D eigenvalue weighted by atomic mass is 127. The van der Waals surface area contributed by atoms with E-state index in [0.717, 1.165) is 24.0 Å². The standard InChI is InChI=1S/C23H25IO4/c1-17(24)20-13-8-14-23(20,21(25)27-15-18-9-4-2-5-10-18)22(26)28-16-19-11-6-3-7-12-19/h2-7,9-12,17,20H,8,13-16H2,1H3/t17-,20-/m0/s1. The molecule has 3 rings (SSSR count). The Balaban J connectivity index is 1.77. The van der Waals surface area contributed by atoms with Crippen LogP contribution in [-0.2, 0) is 32.3 Å². The van der Waals surface area contributed by atoms with Crippen molar-refractivity contribution in [2.45, 2.75) is 43.3 Å². The van der Waals surface area contributed by atoms with E-state index in [-0.39, 0.29) is 23.1 Å². The van der Waals surface area contributed by atoms with Gasteiger partial charge in [-0.05, 0) is 29.9 Å². The molecule has 1 aliphatic rings. The molecule has 0 bridgehead atoms. The summed E-state index contributed by atoms with van der Waals surface area (Å²) in [6.07, 6.45) is 2.12. The molecule has 148 valence electrons. The van der Waals surface area contributed by atoms with E-state index in [1.165, 1.54) is 0 Å². The Kier molecular flexibility index (Phi) is 7.10. The van der Waals surface area contributed by atoms with Crippen LogP contribution in [0.2, 0.25) is 0 Å². The van der Waals surface area contributed by atoms with Crippen molar-refractivity contribution < 1.29 is 19.1 Å². The van der Waals surface area contributed by atoms with Gasteiger partial charge in [-0.1, -0.05) is 96.6 Å². The van der Waals surface area contributed by atoms with Gasteiger partial charge in [0.2, 0.25) is 0 Å². The second kappa shape index (κ2) is 9.54. The summed E-state index contributed by atoms with van der Waals surface area (Å²) in [5, 5.41) is 0. The van der Waals surface area contributed by atoms with Gasteiger partial charge in [-0.15, -0.1) is 0 Å². The van der Waals surface area contributed by atoms with E-state index >= 15 is 0 Å². The van der Waals surface area contributed by atoms with Crippen LogP contribution in [0.5, 0.6) is 0 Å². The van der Waals surface area contributed by atoms with Crippen LogP contribution in [0, 0.1) is 11.3 Å². The summed E-state index contributed by atoms with van der Waals surface area (Å²) in [6, 6.07) is 19.0. The lowest BCUT2D eigenvalue weighted by molar-refractivity contribution is -0.177. The maximum atomic E-state index is 13.2. The molecule has 1 saturated carbocycles. The normalized spacial score (nSPS) is 19.0. The molecule has 0 saturated heterocycles. The Morgan fingerprint density at radius 1 is 0.964 bits per heavy atom. The molecule has 0 unspecified atom stereocenters. The van der Waals surface area contributed by atoms with E-state index < -0.39 is 17.4 Å². The van der Waals surface area contributed by atoms with Crippen molar-refractivity contribution in [2.24, 2.45) is 11.3 Å². The van der Waals surface area contributed by atoms with Crippen LogP contribution < -0.4 is 0 Å². The Morgan fingerprint density at radius 3 is 1.86 bits per heavy atom. The minimum atomic E-state index is -1.22. The van der Waals surface area contributed by atoms with Gasteiger partial charge >= 0.3 is 11.9 Å². The predicted molar refractivity (Wildman–Crippen MR) is 116 cm³/mol. The molecule has 4 nitrogen and oxygen atoms in total. The molecule has 28 heavy (non-hydrogen) atoms. The molecule has 0 aromatic heterocycles. The fraction of sp³-hybridized carbons (Fsp3) is 0.391. The number of carbonyl (C=O) groups excluding carboxylic acids is 2. The molecule has 1 fully saturated rings. The van der Waals surface area contributed by atoms with Crippen molar-refractivity contribution in [3.05, 3.63) is 71.8 Å². The van der Waals surface area contributed by atoms with Crippen LogP contribution >= 0.6 is 22.6 Å². The zero-order chi connectivity index (χ0) is 20.0. The summed E-state index contributed by atoms with van der Waals surface area (Å²) in [5.41, 5.74) is 0.589.